The Morgan fingerprint density at radius 3 is 2.30 bits per heavy atom. The van der Waals surface area contributed by atoms with Gasteiger partial charge in [-0.25, -0.2) is 0 Å². The number of carbonyl (C=O) groups is 1. The summed E-state index contributed by atoms with van der Waals surface area (Å²) in [6.07, 6.45) is 1.53. The van der Waals surface area contributed by atoms with Gasteiger partial charge in [0, 0.05) is 17.9 Å². The first-order valence-corrected chi connectivity index (χ1v) is 14.0. The van der Waals surface area contributed by atoms with Crippen molar-refractivity contribution in [1.82, 2.24) is 0 Å². The minimum Gasteiger partial charge on any atom is -0.396 e. The Hall–Kier alpha value is -0.870. The van der Waals surface area contributed by atoms with Gasteiger partial charge < -0.3 is 35.7 Å². The molecule has 0 heterocycles. The standard InChI is InChI=1S/C29H48O8/c1-25(2,35)16(8-11-30)12-24(34)28(5,36)23-7-10-29(37)18-13-20(31)19-14-21(32)22(33)15-26(19,3)17(18)6-9-27(23,29)4/h13,16-17,19,21-24,30,32-37H,6-12,14-15H2,1-5H3/t16?,17?,19-,21+,22-,23+,24+,26+,27+,28?,29+/m0/s1. The van der Waals surface area contributed by atoms with Crippen LogP contribution >= 0.6 is 0 Å². The van der Waals surface area contributed by atoms with Gasteiger partial charge in [0.25, 0.3) is 0 Å². The molecular weight excluding hydrogens is 476 g/mol. The van der Waals surface area contributed by atoms with Gasteiger partial charge in [-0.1, -0.05) is 13.8 Å². The van der Waals surface area contributed by atoms with Crippen molar-refractivity contribution in [1.29, 1.82) is 0 Å². The molecule has 0 radical (unpaired) electrons. The van der Waals surface area contributed by atoms with Gasteiger partial charge >= 0.3 is 0 Å². The summed E-state index contributed by atoms with van der Waals surface area (Å²) in [6, 6.07) is 0. The van der Waals surface area contributed by atoms with Crippen LogP contribution in [-0.4, -0.2) is 83.3 Å². The second-order valence-electron chi connectivity index (χ2n) is 13.9. The predicted molar refractivity (Wildman–Crippen MR) is 137 cm³/mol. The fourth-order valence-electron chi connectivity index (χ4n) is 8.96. The summed E-state index contributed by atoms with van der Waals surface area (Å²) in [4.78, 5) is 13.3. The molecule has 0 aromatic rings. The van der Waals surface area contributed by atoms with Gasteiger partial charge in [0.1, 0.15) is 0 Å². The molecule has 0 aromatic carbocycles. The molecular formula is C29H48O8. The molecule has 4 rings (SSSR count). The van der Waals surface area contributed by atoms with E-state index in [-0.39, 0.29) is 31.1 Å². The summed E-state index contributed by atoms with van der Waals surface area (Å²) in [5, 5.41) is 76.2. The first kappa shape index (κ1) is 29.1. The highest BCUT2D eigenvalue weighted by atomic mass is 16.3. The van der Waals surface area contributed by atoms with E-state index in [1.807, 2.05) is 13.8 Å². The Labute approximate surface area is 220 Å². The van der Waals surface area contributed by atoms with Gasteiger partial charge in [0.05, 0.1) is 35.1 Å². The molecule has 7 N–H and O–H groups in total. The molecule has 4 aliphatic rings. The zero-order valence-corrected chi connectivity index (χ0v) is 23.0. The van der Waals surface area contributed by atoms with Crippen LogP contribution in [0.1, 0.15) is 86.0 Å². The smallest absolute Gasteiger partial charge is 0.159 e. The lowest BCUT2D eigenvalue weighted by Gasteiger charge is -2.60. The lowest BCUT2D eigenvalue weighted by Crippen LogP contribution is -2.63. The molecule has 3 fully saturated rings. The maximum absolute atomic E-state index is 13.3. The number of fused-ring (bicyclic) bond motifs is 5. The molecule has 212 valence electrons. The number of aliphatic hydroxyl groups excluding tert-OH is 4. The van der Waals surface area contributed by atoms with Crippen LogP contribution in [0.4, 0.5) is 0 Å². The summed E-state index contributed by atoms with van der Waals surface area (Å²) in [7, 11) is 0. The normalized spacial score (nSPS) is 45.2. The molecule has 0 aliphatic heterocycles. The number of ketones is 1. The molecule has 0 spiro atoms. The highest BCUT2D eigenvalue weighted by Crippen LogP contribution is 2.68. The van der Waals surface area contributed by atoms with Crippen LogP contribution in [0.2, 0.25) is 0 Å². The quantitative estimate of drug-likeness (QED) is 0.264. The summed E-state index contributed by atoms with van der Waals surface area (Å²) >= 11 is 0. The van der Waals surface area contributed by atoms with Crippen LogP contribution in [0, 0.1) is 34.5 Å². The van der Waals surface area contributed by atoms with E-state index in [0.29, 0.717) is 44.1 Å². The van der Waals surface area contributed by atoms with Gasteiger partial charge in [-0.05, 0) is 107 Å². The van der Waals surface area contributed by atoms with Gasteiger partial charge in [-0.3, -0.25) is 4.79 Å². The molecule has 8 nitrogen and oxygen atoms in total. The number of carbonyl (C=O) groups excluding carboxylic acids is 1. The third-order valence-corrected chi connectivity index (χ3v) is 11.5. The minimum absolute atomic E-state index is 0.103. The van der Waals surface area contributed by atoms with Crippen LogP contribution in [-0.2, 0) is 4.79 Å². The monoisotopic (exact) mass is 524 g/mol. The van der Waals surface area contributed by atoms with Crippen LogP contribution < -0.4 is 0 Å². The Morgan fingerprint density at radius 1 is 1.05 bits per heavy atom. The number of allylic oxidation sites excluding steroid dienone is 1. The van der Waals surface area contributed by atoms with E-state index in [0.717, 1.165) is 0 Å². The molecule has 3 unspecified atom stereocenters. The minimum atomic E-state index is -1.57. The van der Waals surface area contributed by atoms with Gasteiger partial charge in [0.2, 0.25) is 0 Å². The molecule has 37 heavy (non-hydrogen) atoms. The Morgan fingerprint density at radius 2 is 1.70 bits per heavy atom. The Kier molecular flexibility index (Phi) is 7.36. The van der Waals surface area contributed by atoms with Crippen LogP contribution in [0.5, 0.6) is 0 Å². The number of hydrogen-bond donors (Lipinski definition) is 7. The average Bonchev–Trinajstić information content (AvgIpc) is 3.07. The first-order chi connectivity index (χ1) is 16.9. The van der Waals surface area contributed by atoms with Crippen LogP contribution in [0.15, 0.2) is 11.6 Å². The summed E-state index contributed by atoms with van der Waals surface area (Å²) in [5.41, 5.74) is -4.73. The SMILES string of the molecule is CC(C)(O)C(CCO)C[C@@H](O)C(C)(O)[C@@H]1CC[C@@]2(O)C3=CC(=O)[C@@H]4C[C@@H](O)[C@@H](O)C[C@]4(C)C3CC[C@]12C. The molecule has 8 heteroatoms. The Balaban J connectivity index is 1.65. The fraction of sp³-hybridized carbons (Fsp3) is 0.897. The molecule has 0 amide bonds. The first-order valence-electron chi connectivity index (χ1n) is 14.0. The van der Waals surface area contributed by atoms with E-state index >= 15 is 0 Å². The van der Waals surface area contributed by atoms with Gasteiger partial charge in [-0.2, -0.15) is 0 Å². The summed E-state index contributed by atoms with van der Waals surface area (Å²) < 4.78 is 0. The summed E-state index contributed by atoms with van der Waals surface area (Å²) in [5.74, 6) is -1.53. The molecule has 0 aromatic heterocycles. The zero-order valence-electron chi connectivity index (χ0n) is 23.0. The number of rotatable bonds is 7. The van der Waals surface area contributed by atoms with Gasteiger partial charge in [0.15, 0.2) is 5.78 Å². The highest BCUT2D eigenvalue weighted by Gasteiger charge is 2.69. The van der Waals surface area contributed by atoms with E-state index in [1.165, 1.54) is 0 Å². The lowest BCUT2D eigenvalue weighted by atomic mass is 9.45. The second-order valence-corrected chi connectivity index (χ2v) is 13.9. The molecule has 0 saturated heterocycles. The van der Waals surface area contributed by atoms with Gasteiger partial charge in [-0.15, -0.1) is 0 Å². The van der Waals surface area contributed by atoms with E-state index in [1.54, 1.807) is 26.8 Å². The third kappa shape index (κ3) is 4.35. The molecule has 4 aliphatic carbocycles. The van der Waals surface area contributed by atoms with Crippen LogP contribution in [0.3, 0.4) is 0 Å². The average molecular weight is 525 g/mol. The zero-order chi connectivity index (χ0) is 27.8. The molecule has 3 saturated carbocycles. The van der Waals surface area contributed by atoms with Crippen molar-refractivity contribution < 1.29 is 40.5 Å². The maximum atomic E-state index is 13.3. The topological polar surface area (TPSA) is 159 Å². The third-order valence-electron chi connectivity index (χ3n) is 11.5. The summed E-state index contributed by atoms with van der Waals surface area (Å²) in [6.45, 7) is 8.67. The lowest BCUT2D eigenvalue weighted by molar-refractivity contribution is -0.180. The largest absolute Gasteiger partial charge is 0.396 e. The number of aliphatic hydroxyl groups is 7. The van der Waals surface area contributed by atoms with E-state index in [9.17, 15) is 40.5 Å². The predicted octanol–water partition coefficient (Wildman–Crippen LogP) is 1.46. The van der Waals surface area contributed by atoms with Crippen LogP contribution in [0.25, 0.3) is 0 Å². The van der Waals surface area contributed by atoms with Crippen molar-refractivity contribution in [2.75, 3.05) is 6.61 Å². The highest BCUT2D eigenvalue weighted by molar-refractivity contribution is 5.95. The van der Waals surface area contributed by atoms with Crippen molar-refractivity contribution in [2.45, 2.75) is 121 Å². The molecule has 0 bridgehead atoms. The second kappa shape index (κ2) is 9.36. The van der Waals surface area contributed by atoms with E-state index in [2.05, 4.69) is 0 Å². The van der Waals surface area contributed by atoms with Crippen molar-refractivity contribution in [3.63, 3.8) is 0 Å². The maximum Gasteiger partial charge on any atom is 0.159 e. The fourth-order valence-corrected chi connectivity index (χ4v) is 8.96. The van der Waals surface area contributed by atoms with Crippen molar-refractivity contribution in [3.8, 4) is 0 Å². The van der Waals surface area contributed by atoms with Crippen molar-refractivity contribution in [2.24, 2.45) is 34.5 Å². The van der Waals surface area contributed by atoms with Crippen molar-refractivity contribution in [3.05, 3.63) is 11.6 Å². The number of hydrogen-bond acceptors (Lipinski definition) is 8. The van der Waals surface area contributed by atoms with Crippen molar-refractivity contribution >= 4 is 5.78 Å². The molecule has 11 atom stereocenters. The van der Waals surface area contributed by atoms with E-state index in [4.69, 9.17) is 0 Å². The van der Waals surface area contributed by atoms with E-state index < -0.39 is 63.7 Å². The Bertz CT molecular complexity index is 923.